The number of aryl methyl sites for hydroxylation is 1. The monoisotopic (exact) mass is 246 g/mol. The van der Waals surface area contributed by atoms with E-state index in [1.165, 1.54) is 20.3 Å². The molecule has 0 radical (unpaired) electrons. The first-order valence-corrected chi connectivity index (χ1v) is 6.00. The summed E-state index contributed by atoms with van der Waals surface area (Å²) < 4.78 is 24.9. The van der Waals surface area contributed by atoms with Gasteiger partial charge in [0.15, 0.2) is 0 Å². The molecule has 1 heterocycles. The molecule has 0 aliphatic heterocycles. The second-order valence-corrected chi connectivity index (χ2v) is 5.31. The minimum Gasteiger partial charge on any atom is -0.358 e. The maximum Gasteiger partial charge on any atom is 0.246 e. The summed E-state index contributed by atoms with van der Waals surface area (Å²) in [4.78, 5) is 11.2. The lowest BCUT2D eigenvalue weighted by Crippen LogP contribution is -2.36. The fraction of sp³-hybridized carbons (Fsp3) is 0.500. The van der Waals surface area contributed by atoms with Crippen molar-refractivity contribution < 1.29 is 13.2 Å². The number of H-pyrrole nitrogens is 1. The molecular formula is C8H14N4O3S. The number of hydrogen-bond acceptors (Lipinski definition) is 4. The second-order valence-electron chi connectivity index (χ2n) is 3.29. The Kier molecular flexibility index (Phi) is 3.66. The molecule has 0 aliphatic carbocycles. The predicted molar refractivity (Wildman–Crippen MR) is 57.2 cm³/mol. The Morgan fingerprint density at radius 2 is 2.25 bits per heavy atom. The minimum absolute atomic E-state index is 0.0823. The third-order valence-electron chi connectivity index (χ3n) is 2.12. The quantitative estimate of drug-likeness (QED) is 0.718. The van der Waals surface area contributed by atoms with Crippen molar-refractivity contribution in [1.29, 1.82) is 0 Å². The zero-order valence-corrected chi connectivity index (χ0v) is 10.1. The topological polar surface area (TPSA) is 95.2 Å². The molecule has 1 aromatic rings. The van der Waals surface area contributed by atoms with E-state index >= 15 is 0 Å². The van der Waals surface area contributed by atoms with Crippen LogP contribution in [0, 0.1) is 6.92 Å². The average Bonchev–Trinajstić information content (AvgIpc) is 2.64. The van der Waals surface area contributed by atoms with Crippen LogP contribution in [0.3, 0.4) is 0 Å². The van der Waals surface area contributed by atoms with Crippen molar-refractivity contribution in [3.63, 3.8) is 0 Å². The number of aromatic nitrogens is 2. The molecule has 1 rings (SSSR count). The summed E-state index contributed by atoms with van der Waals surface area (Å²) in [5.74, 6) is -0.368. The third-order valence-corrected chi connectivity index (χ3v) is 4.03. The van der Waals surface area contributed by atoms with Crippen LogP contribution in [-0.4, -0.2) is 49.5 Å². The molecule has 8 heteroatoms. The summed E-state index contributed by atoms with van der Waals surface area (Å²) >= 11 is 0. The lowest BCUT2D eigenvalue weighted by Gasteiger charge is -2.15. The number of nitrogens with one attached hydrogen (secondary N) is 2. The van der Waals surface area contributed by atoms with Gasteiger partial charge in [0, 0.05) is 14.1 Å². The van der Waals surface area contributed by atoms with Gasteiger partial charge in [-0.05, 0) is 6.92 Å². The fourth-order valence-electron chi connectivity index (χ4n) is 1.13. The molecule has 90 valence electrons. The second kappa shape index (κ2) is 4.62. The number of rotatable bonds is 4. The number of nitrogens with zero attached hydrogens (tertiary/aromatic N) is 2. The Balaban J connectivity index is 2.95. The van der Waals surface area contributed by atoms with Crippen LogP contribution in [0.4, 0.5) is 0 Å². The Morgan fingerprint density at radius 3 is 2.69 bits per heavy atom. The van der Waals surface area contributed by atoms with Gasteiger partial charge in [-0.25, -0.2) is 8.42 Å². The number of carbonyl (C=O) groups excluding carboxylic acids is 1. The van der Waals surface area contributed by atoms with Crippen molar-refractivity contribution >= 4 is 15.9 Å². The van der Waals surface area contributed by atoms with E-state index in [-0.39, 0.29) is 17.3 Å². The molecule has 0 saturated heterocycles. The summed E-state index contributed by atoms with van der Waals surface area (Å²) in [6.45, 7) is 1.39. The molecule has 1 amide bonds. The molecule has 0 bridgehead atoms. The molecule has 16 heavy (non-hydrogen) atoms. The Bertz CT molecular complexity index is 479. The average molecular weight is 246 g/mol. The Labute approximate surface area is 93.9 Å². The maximum atomic E-state index is 12.0. The van der Waals surface area contributed by atoms with Crippen LogP contribution in [0.5, 0.6) is 0 Å². The van der Waals surface area contributed by atoms with Crippen LogP contribution in [-0.2, 0) is 14.8 Å². The van der Waals surface area contributed by atoms with Gasteiger partial charge >= 0.3 is 0 Å². The van der Waals surface area contributed by atoms with Crippen LogP contribution in [0.15, 0.2) is 11.1 Å². The summed E-state index contributed by atoms with van der Waals surface area (Å²) in [5, 5.41) is 8.54. The highest BCUT2D eigenvalue weighted by Crippen LogP contribution is 2.15. The van der Waals surface area contributed by atoms with Crippen molar-refractivity contribution in [3.8, 4) is 0 Å². The molecule has 0 aliphatic rings. The van der Waals surface area contributed by atoms with E-state index in [9.17, 15) is 13.2 Å². The molecule has 0 atom stereocenters. The summed E-state index contributed by atoms with van der Waals surface area (Å²) in [7, 11) is -0.858. The van der Waals surface area contributed by atoms with Crippen LogP contribution in [0.25, 0.3) is 0 Å². The molecular weight excluding hydrogens is 232 g/mol. The molecule has 0 saturated carbocycles. The Hall–Kier alpha value is -1.41. The van der Waals surface area contributed by atoms with E-state index in [0.717, 1.165) is 4.31 Å². The van der Waals surface area contributed by atoms with Crippen molar-refractivity contribution in [1.82, 2.24) is 19.8 Å². The molecule has 7 nitrogen and oxygen atoms in total. The number of likely N-dealkylation sites (N-methyl/N-ethyl adjacent to an activating group) is 2. The number of aromatic amines is 1. The van der Waals surface area contributed by atoms with Gasteiger partial charge in [0.2, 0.25) is 15.9 Å². The van der Waals surface area contributed by atoms with Gasteiger partial charge in [0.25, 0.3) is 0 Å². The van der Waals surface area contributed by atoms with Crippen molar-refractivity contribution in [2.45, 2.75) is 11.8 Å². The van der Waals surface area contributed by atoms with Crippen LogP contribution in [0.2, 0.25) is 0 Å². The highest BCUT2D eigenvalue weighted by molar-refractivity contribution is 7.89. The van der Waals surface area contributed by atoms with Gasteiger partial charge < -0.3 is 5.32 Å². The summed E-state index contributed by atoms with van der Waals surface area (Å²) in [6, 6.07) is 0. The van der Waals surface area contributed by atoms with Crippen LogP contribution >= 0.6 is 0 Å². The van der Waals surface area contributed by atoms with Gasteiger partial charge in [0.1, 0.15) is 4.90 Å². The standard InChI is InChI=1S/C8H14N4O3S/c1-6-7(4-10-11-6)16(14,15)12(3)5-8(13)9-2/h4H,5H2,1-3H3,(H,9,13)(H,10,11). The highest BCUT2D eigenvalue weighted by Gasteiger charge is 2.25. The molecule has 1 aromatic heterocycles. The molecule has 0 unspecified atom stereocenters. The molecule has 0 aromatic carbocycles. The van der Waals surface area contributed by atoms with Gasteiger partial charge in [-0.15, -0.1) is 0 Å². The van der Waals surface area contributed by atoms with Crippen molar-refractivity contribution in [2.75, 3.05) is 20.6 Å². The van der Waals surface area contributed by atoms with E-state index < -0.39 is 10.0 Å². The lowest BCUT2D eigenvalue weighted by molar-refractivity contribution is -0.120. The zero-order valence-electron chi connectivity index (χ0n) is 9.31. The summed E-state index contributed by atoms with van der Waals surface area (Å²) in [5.41, 5.74) is 0.448. The van der Waals surface area contributed by atoms with E-state index in [1.54, 1.807) is 6.92 Å². The third kappa shape index (κ3) is 2.39. The lowest BCUT2D eigenvalue weighted by atomic mass is 10.5. The van der Waals surface area contributed by atoms with E-state index in [4.69, 9.17) is 0 Å². The Morgan fingerprint density at radius 1 is 1.62 bits per heavy atom. The molecule has 0 fully saturated rings. The number of amides is 1. The normalized spacial score (nSPS) is 11.8. The van der Waals surface area contributed by atoms with Gasteiger partial charge in [0.05, 0.1) is 18.4 Å². The molecule has 2 N–H and O–H groups in total. The highest BCUT2D eigenvalue weighted by atomic mass is 32.2. The predicted octanol–water partition coefficient (Wildman–Crippen LogP) is -0.915. The van der Waals surface area contributed by atoms with E-state index in [2.05, 4.69) is 15.5 Å². The minimum atomic E-state index is -3.65. The first-order valence-electron chi connectivity index (χ1n) is 4.56. The number of carbonyl (C=O) groups is 1. The van der Waals surface area contributed by atoms with Crippen molar-refractivity contribution in [2.24, 2.45) is 0 Å². The fourth-order valence-corrected chi connectivity index (χ4v) is 2.38. The van der Waals surface area contributed by atoms with E-state index in [0.29, 0.717) is 5.69 Å². The first kappa shape index (κ1) is 12.7. The van der Waals surface area contributed by atoms with Gasteiger partial charge in [-0.2, -0.15) is 9.40 Å². The first-order chi connectivity index (χ1) is 7.39. The largest absolute Gasteiger partial charge is 0.358 e. The summed E-state index contributed by atoms with van der Waals surface area (Å²) in [6.07, 6.45) is 1.23. The van der Waals surface area contributed by atoms with E-state index in [1.807, 2.05) is 0 Å². The van der Waals surface area contributed by atoms with Crippen LogP contribution in [0.1, 0.15) is 5.69 Å². The SMILES string of the molecule is CNC(=O)CN(C)S(=O)(=O)c1cn[nH]c1C. The van der Waals surface area contributed by atoms with Crippen molar-refractivity contribution in [3.05, 3.63) is 11.9 Å². The number of sulfonamides is 1. The maximum absolute atomic E-state index is 12.0. The molecule has 0 spiro atoms. The van der Waals surface area contributed by atoms with Gasteiger partial charge in [-0.1, -0.05) is 0 Å². The van der Waals surface area contributed by atoms with Crippen LogP contribution < -0.4 is 5.32 Å². The number of hydrogen-bond donors (Lipinski definition) is 2. The smallest absolute Gasteiger partial charge is 0.246 e. The zero-order chi connectivity index (χ0) is 12.3. The van der Waals surface area contributed by atoms with Gasteiger partial charge in [-0.3, -0.25) is 9.89 Å².